The summed E-state index contributed by atoms with van der Waals surface area (Å²) in [5.41, 5.74) is 0.0347. The Morgan fingerprint density at radius 3 is 1.31 bits per heavy atom. The Labute approximate surface area is 162 Å². The summed E-state index contributed by atoms with van der Waals surface area (Å²) in [5, 5.41) is 3.01. The number of hydrogen-bond acceptors (Lipinski definition) is 2. The number of alkyl halides is 6. The maximum absolute atomic E-state index is 12.7. The molecule has 1 aliphatic heterocycles. The predicted octanol–water partition coefficient (Wildman–Crippen LogP) is 5.36. The third-order valence-corrected chi connectivity index (χ3v) is 4.37. The van der Waals surface area contributed by atoms with Crippen LogP contribution in [-0.4, -0.2) is 18.9 Å². The molecular formula is C21H15F6NO. The van der Waals surface area contributed by atoms with Crippen LogP contribution in [0.4, 0.5) is 26.3 Å². The smallest absolute Gasteiger partial charge is 0.308 e. The third-order valence-electron chi connectivity index (χ3n) is 4.37. The van der Waals surface area contributed by atoms with Crippen LogP contribution < -0.4 is 5.32 Å². The minimum atomic E-state index is -4.44. The lowest BCUT2D eigenvalue weighted by molar-refractivity contribution is -0.138. The van der Waals surface area contributed by atoms with E-state index in [9.17, 15) is 31.1 Å². The van der Waals surface area contributed by atoms with E-state index in [4.69, 9.17) is 0 Å². The molecule has 0 aliphatic carbocycles. The SMILES string of the molecule is O=C1/C(=C\c2ccc(C(F)(F)F)cc2)CNC/C1=C\c1ccc(C(F)(F)F)cc1. The number of hydrogen-bond donors (Lipinski definition) is 1. The maximum atomic E-state index is 12.7. The number of halogens is 6. The highest BCUT2D eigenvalue weighted by Crippen LogP contribution is 2.30. The second-order valence-electron chi connectivity index (χ2n) is 6.51. The first-order valence-corrected chi connectivity index (χ1v) is 8.55. The molecule has 29 heavy (non-hydrogen) atoms. The monoisotopic (exact) mass is 411 g/mol. The Balaban J connectivity index is 1.81. The van der Waals surface area contributed by atoms with Crippen LogP contribution in [0.5, 0.6) is 0 Å². The first-order chi connectivity index (χ1) is 13.5. The van der Waals surface area contributed by atoms with E-state index in [1.165, 1.54) is 36.4 Å². The summed E-state index contributed by atoms with van der Waals surface area (Å²) >= 11 is 0. The van der Waals surface area contributed by atoms with Crippen molar-refractivity contribution in [3.8, 4) is 0 Å². The molecule has 0 atom stereocenters. The van der Waals surface area contributed by atoms with E-state index < -0.39 is 23.5 Å². The first-order valence-electron chi connectivity index (χ1n) is 8.55. The lowest BCUT2D eigenvalue weighted by Crippen LogP contribution is -2.32. The normalized spacial score (nSPS) is 18.5. The maximum Gasteiger partial charge on any atom is 0.416 e. The van der Waals surface area contributed by atoms with Crippen molar-refractivity contribution in [2.45, 2.75) is 12.4 Å². The van der Waals surface area contributed by atoms with Crippen LogP contribution in [-0.2, 0) is 17.1 Å². The Hall–Kier alpha value is -2.87. The zero-order valence-electron chi connectivity index (χ0n) is 14.9. The van der Waals surface area contributed by atoms with Crippen molar-refractivity contribution in [2.24, 2.45) is 0 Å². The summed E-state index contributed by atoms with van der Waals surface area (Å²) in [6.07, 6.45) is -5.89. The summed E-state index contributed by atoms with van der Waals surface area (Å²) < 4.78 is 75.8. The highest BCUT2D eigenvalue weighted by molar-refractivity contribution is 6.14. The van der Waals surface area contributed by atoms with Gasteiger partial charge in [0.15, 0.2) is 5.78 Å². The van der Waals surface area contributed by atoms with E-state index in [-0.39, 0.29) is 18.9 Å². The molecule has 2 aromatic rings. The van der Waals surface area contributed by atoms with Gasteiger partial charge in [0.25, 0.3) is 0 Å². The quantitative estimate of drug-likeness (QED) is 0.532. The molecule has 1 aliphatic rings. The van der Waals surface area contributed by atoms with Gasteiger partial charge in [0.2, 0.25) is 0 Å². The Kier molecular flexibility index (Phi) is 5.66. The Morgan fingerprint density at radius 2 is 1.00 bits per heavy atom. The van der Waals surface area contributed by atoms with Gasteiger partial charge in [-0.15, -0.1) is 0 Å². The summed E-state index contributed by atoms with van der Waals surface area (Å²) in [5.74, 6) is -0.302. The summed E-state index contributed by atoms with van der Waals surface area (Å²) in [6.45, 7) is 0.481. The Bertz CT molecular complexity index is 873. The molecule has 0 bridgehead atoms. The van der Waals surface area contributed by atoms with Crippen molar-refractivity contribution in [3.05, 3.63) is 81.9 Å². The number of nitrogens with one attached hydrogen (secondary N) is 1. The fourth-order valence-corrected chi connectivity index (χ4v) is 2.87. The van der Waals surface area contributed by atoms with E-state index in [1.54, 1.807) is 0 Å². The second kappa shape index (κ2) is 7.87. The van der Waals surface area contributed by atoms with Crippen molar-refractivity contribution < 1.29 is 31.1 Å². The molecule has 0 saturated carbocycles. The number of piperidine rings is 1. The van der Waals surface area contributed by atoms with E-state index in [2.05, 4.69) is 5.32 Å². The van der Waals surface area contributed by atoms with Crippen LogP contribution in [0.1, 0.15) is 22.3 Å². The molecule has 0 radical (unpaired) electrons. The molecule has 2 aromatic carbocycles. The van der Waals surface area contributed by atoms with Gasteiger partial charge in [0.1, 0.15) is 0 Å². The fraction of sp³-hybridized carbons (Fsp3) is 0.190. The largest absolute Gasteiger partial charge is 0.416 e. The van der Waals surface area contributed by atoms with E-state index in [0.29, 0.717) is 22.3 Å². The van der Waals surface area contributed by atoms with E-state index >= 15 is 0 Å². The fourth-order valence-electron chi connectivity index (χ4n) is 2.87. The van der Waals surface area contributed by atoms with Crippen LogP contribution in [0.2, 0.25) is 0 Å². The topological polar surface area (TPSA) is 29.1 Å². The molecule has 1 saturated heterocycles. The third kappa shape index (κ3) is 5.14. The summed E-state index contributed by atoms with van der Waals surface area (Å²) in [6, 6.07) is 8.85. The first kappa shape index (κ1) is 20.9. The van der Waals surface area contributed by atoms with Crippen molar-refractivity contribution >= 4 is 17.9 Å². The Morgan fingerprint density at radius 1 is 0.655 bits per heavy atom. The molecule has 2 nitrogen and oxygen atoms in total. The zero-order chi connectivity index (χ0) is 21.2. The number of rotatable bonds is 2. The zero-order valence-corrected chi connectivity index (χ0v) is 14.9. The van der Waals surface area contributed by atoms with E-state index in [0.717, 1.165) is 24.3 Å². The lowest BCUT2D eigenvalue weighted by Gasteiger charge is -2.18. The van der Waals surface area contributed by atoms with Gasteiger partial charge in [-0.2, -0.15) is 26.3 Å². The molecule has 1 N–H and O–H groups in total. The number of benzene rings is 2. The second-order valence-corrected chi connectivity index (χ2v) is 6.51. The van der Waals surface area contributed by atoms with Crippen molar-refractivity contribution in [1.82, 2.24) is 5.32 Å². The molecule has 0 aromatic heterocycles. The molecular weight excluding hydrogens is 396 g/mol. The molecule has 1 fully saturated rings. The highest BCUT2D eigenvalue weighted by Gasteiger charge is 2.30. The number of carbonyl (C=O) groups excluding carboxylic acids is 1. The van der Waals surface area contributed by atoms with Crippen LogP contribution in [0.15, 0.2) is 59.7 Å². The van der Waals surface area contributed by atoms with E-state index in [1.807, 2.05) is 0 Å². The van der Waals surface area contributed by atoms with Gasteiger partial charge in [-0.05, 0) is 47.5 Å². The number of ketones is 1. The van der Waals surface area contributed by atoms with Gasteiger partial charge < -0.3 is 5.32 Å². The van der Waals surface area contributed by atoms with Gasteiger partial charge in [-0.3, -0.25) is 4.79 Å². The van der Waals surface area contributed by atoms with Crippen LogP contribution in [0.25, 0.3) is 12.2 Å². The average molecular weight is 411 g/mol. The molecule has 8 heteroatoms. The summed E-state index contributed by atoms with van der Waals surface area (Å²) in [7, 11) is 0. The molecule has 0 unspecified atom stereocenters. The van der Waals surface area contributed by atoms with Crippen molar-refractivity contribution in [1.29, 1.82) is 0 Å². The molecule has 0 spiro atoms. The van der Waals surface area contributed by atoms with Gasteiger partial charge in [0.05, 0.1) is 11.1 Å². The minimum absolute atomic E-state index is 0.240. The van der Waals surface area contributed by atoms with Gasteiger partial charge in [0, 0.05) is 24.2 Å². The van der Waals surface area contributed by atoms with Gasteiger partial charge in [-0.1, -0.05) is 24.3 Å². The highest BCUT2D eigenvalue weighted by atomic mass is 19.4. The summed E-state index contributed by atoms with van der Waals surface area (Å²) in [4.78, 5) is 12.7. The van der Waals surface area contributed by atoms with Crippen LogP contribution in [0.3, 0.4) is 0 Å². The minimum Gasteiger partial charge on any atom is -0.308 e. The average Bonchev–Trinajstić information content (AvgIpc) is 2.64. The van der Waals surface area contributed by atoms with Crippen molar-refractivity contribution in [2.75, 3.05) is 13.1 Å². The predicted molar refractivity (Wildman–Crippen MR) is 96.7 cm³/mol. The molecule has 3 rings (SSSR count). The molecule has 1 heterocycles. The van der Waals surface area contributed by atoms with Crippen LogP contribution >= 0.6 is 0 Å². The van der Waals surface area contributed by atoms with Gasteiger partial charge in [-0.25, -0.2) is 0 Å². The van der Waals surface area contributed by atoms with Crippen LogP contribution in [0, 0.1) is 0 Å². The number of Topliss-reactive ketones (excluding diaryl/α,β-unsaturated/α-hetero) is 1. The lowest BCUT2D eigenvalue weighted by atomic mass is 9.95. The van der Waals surface area contributed by atoms with Crippen molar-refractivity contribution in [3.63, 3.8) is 0 Å². The number of carbonyl (C=O) groups is 1. The molecule has 152 valence electrons. The molecule has 0 amide bonds. The standard InChI is InChI=1S/C21H15F6NO/c22-20(23,24)17-5-1-13(2-6-17)9-15-11-28-12-16(19(15)29)10-14-3-7-18(8-4-14)21(25,26)27/h1-10,28H,11-12H2/b15-9-,16-10+. The van der Waals surface area contributed by atoms with Gasteiger partial charge >= 0.3 is 12.4 Å².